The lowest BCUT2D eigenvalue weighted by molar-refractivity contribution is -0.137. The summed E-state index contributed by atoms with van der Waals surface area (Å²) in [5, 5.41) is 11.7. The van der Waals surface area contributed by atoms with Crippen molar-refractivity contribution in [3.05, 3.63) is 0 Å². The van der Waals surface area contributed by atoms with Gasteiger partial charge in [-0.3, -0.25) is 4.79 Å². The first kappa shape index (κ1) is 17.8. The van der Waals surface area contributed by atoms with Crippen LogP contribution in [-0.4, -0.2) is 41.6 Å². The number of nitrogens with zero attached hydrogens (tertiary/aromatic N) is 1. The van der Waals surface area contributed by atoms with E-state index in [1.165, 1.54) is 12.8 Å². The quantitative estimate of drug-likeness (QED) is 0.723. The highest BCUT2D eigenvalue weighted by molar-refractivity contribution is 5.74. The van der Waals surface area contributed by atoms with E-state index in [4.69, 9.17) is 5.11 Å². The second kappa shape index (κ2) is 8.25. The molecule has 0 aromatic rings. The van der Waals surface area contributed by atoms with Gasteiger partial charge in [-0.1, -0.05) is 27.2 Å². The SMILES string of the molecule is CCCC1CCN(C(=O)NCCC(C)(C)CCC(=O)O)C1. The number of carbonyl (C=O) groups is 2. The fourth-order valence-electron chi connectivity index (χ4n) is 2.85. The molecule has 0 spiro atoms. The first-order valence-electron chi connectivity index (χ1n) is 8.08. The van der Waals surface area contributed by atoms with Crippen molar-refractivity contribution in [2.75, 3.05) is 19.6 Å². The third-order valence-corrected chi connectivity index (χ3v) is 4.36. The van der Waals surface area contributed by atoms with Crippen LogP contribution in [-0.2, 0) is 4.79 Å². The minimum atomic E-state index is -0.758. The number of nitrogens with one attached hydrogen (secondary N) is 1. The zero-order valence-corrected chi connectivity index (χ0v) is 13.7. The van der Waals surface area contributed by atoms with E-state index in [1.54, 1.807) is 0 Å². The summed E-state index contributed by atoms with van der Waals surface area (Å²) < 4.78 is 0. The van der Waals surface area contributed by atoms with Crippen LogP contribution in [0.4, 0.5) is 4.79 Å². The summed E-state index contributed by atoms with van der Waals surface area (Å²) in [4.78, 5) is 24.6. The van der Waals surface area contributed by atoms with Gasteiger partial charge in [-0.25, -0.2) is 4.79 Å². The summed E-state index contributed by atoms with van der Waals surface area (Å²) in [6.07, 6.45) is 5.12. The Bertz CT molecular complexity index is 355. The standard InChI is InChI=1S/C16H30N2O3/c1-4-5-13-7-11-18(12-13)15(21)17-10-9-16(2,3)8-6-14(19)20/h13H,4-12H2,1-3H3,(H,17,21)(H,19,20). The van der Waals surface area contributed by atoms with Gasteiger partial charge >= 0.3 is 12.0 Å². The fourth-order valence-corrected chi connectivity index (χ4v) is 2.85. The average molecular weight is 298 g/mol. The zero-order chi connectivity index (χ0) is 15.9. The summed E-state index contributed by atoms with van der Waals surface area (Å²) in [5.74, 6) is -0.0982. The molecule has 2 amide bonds. The Morgan fingerprint density at radius 3 is 2.67 bits per heavy atom. The monoisotopic (exact) mass is 298 g/mol. The van der Waals surface area contributed by atoms with Crippen molar-refractivity contribution in [2.45, 2.75) is 59.3 Å². The maximum absolute atomic E-state index is 12.1. The van der Waals surface area contributed by atoms with Gasteiger partial charge in [-0.05, 0) is 37.0 Å². The summed E-state index contributed by atoms with van der Waals surface area (Å²) >= 11 is 0. The number of hydrogen-bond donors (Lipinski definition) is 2. The molecule has 1 heterocycles. The van der Waals surface area contributed by atoms with E-state index in [2.05, 4.69) is 26.1 Å². The summed E-state index contributed by atoms with van der Waals surface area (Å²) in [7, 11) is 0. The highest BCUT2D eigenvalue weighted by atomic mass is 16.4. The summed E-state index contributed by atoms with van der Waals surface area (Å²) in [5.41, 5.74) is -0.0541. The van der Waals surface area contributed by atoms with Crippen molar-refractivity contribution in [2.24, 2.45) is 11.3 Å². The van der Waals surface area contributed by atoms with E-state index in [9.17, 15) is 9.59 Å². The van der Waals surface area contributed by atoms with Crippen LogP contribution in [0.25, 0.3) is 0 Å². The maximum Gasteiger partial charge on any atom is 0.317 e. The molecular weight excluding hydrogens is 268 g/mol. The fraction of sp³-hybridized carbons (Fsp3) is 0.875. The summed E-state index contributed by atoms with van der Waals surface area (Å²) in [6.45, 7) is 8.63. The molecule has 1 fully saturated rings. The molecule has 0 aliphatic carbocycles. The number of likely N-dealkylation sites (tertiary alicyclic amines) is 1. The van der Waals surface area contributed by atoms with Crippen molar-refractivity contribution >= 4 is 12.0 Å². The minimum Gasteiger partial charge on any atom is -0.481 e. The van der Waals surface area contributed by atoms with Crippen molar-refractivity contribution in [1.29, 1.82) is 0 Å². The first-order valence-corrected chi connectivity index (χ1v) is 8.08. The third-order valence-electron chi connectivity index (χ3n) is 4.36. The van der Waals surface area contributed by atoms with Gasteiger partial charge in [0.15, 0.2) is 0 Å². The molecule has 0 radical (unpaired) electrons. The van der Waals surface area contributed by atoms with E-state index < -0.39 is 5.97 Å². The number of aliphatic carboxylic acids is 1. The topological polar surface area (TPSA) is 69.6 Å². The van der Waals surface area contributed by atoms with Gasteiger partial charge in [0.1, 0.15) is 0 Å². The number of rotatable bonds is 8. The van der Waals surface area contributed by atoms with E-state index >= 15 is 0 Å². The van der Waals surface area contributed by atoms with Gasteiger partial charge in [0.05, 0.1) is 0 Å². The van der Waals surface area contributed by atoms with Crippen LogP contribution < -0.4 is 5.32 Å². The molecular formula is C16H30N2O3. The van der Waals surface area contributed by atoms with Gasteiger partial charge in [-0.2, -0.15) is 0 Å². The molecule has 0 aromatic heterocycles. The van der Waals surface area contributed by atoms with Gasteiger partial charge in [0.25, 0.3) is 0 Å². The van der Waals surface area contributed by atoms with Crippen molar-refractivity contribution < 1.29 is 14.7 Å². The maximum atomic E-state index is 12.1. The van der Waals surface area contributed by atoms with Crippen LogP contribution in [0.1, 0.15) is 59.3 Å². The van der Waals surface area contributed by atoms with E-state index in [0.717, 1.165) is 25.9 Å². The Labute approximate surface area is 128 Å². The average Bonchev–Trinajstić information content (AvgIpc) is 2.85. The molecule has 21 heavy (non-hydrogen) atoms. The molecule has 1 atom stereocenters. The third kappa shape index (κ3) is 6.82. The Balaban J connectivity index is 2.23. The molecule has 0 saturated carbocycles. The number of hydrogen-bond acceptors (Lipinski definition) is 2. The smallest absolute Gasteiger partial charge is 0.317 e. The van der Waals surface area contributed by atoms with E-state index in [1.807, 2.05) is 4.90 Å². The second-order valence-electron chi connectivity index (χ2n) is 6.93. The highest BCUT2D eigenvalue weighted by Crippen LogP contribution is 2.26. The lowest BCUT2D eigenvalue weighted by Gasteiger charge is -2.25. The molecule has 5 nitrogen and oxygen atoms in total. The zero-order valence-electron chi connectivity index (χ0n) is 13.7. The predicted molar refractivity (Wildman–Crippen MR) is 83.3 cm³/mol. The molecule has 1 aliphatic rings. The number of carbonyl (C=O) groups excluding carboxylic acids is 1. The van der Waals surface area contributed by atoms with Crippen molar-refractivity contribution in [1.82, 2.24) is 10.2 Å². The Morgan fingerprint density at radius 2 is 2.05 bits per heavy atom. The molecule has 1 unspecified atom stereocenters. The molecule has 0 aromatic carbocycles. The largest absolute Gasteiger partial charge is 0.481 e. The number of carboxylic acid groups (broad SMARTS) is 1. The first-order chi connectivity index (χ1) is 9.84. The Hall–Kier alpha value is -1.26. The Morgan fingerprint density at radius 1 is 1.33 bits per heavy atom. The van der Waals surface area contributed by atoms with Crippen LogP contribution >= 0.6 is 0 Å². The number of amides is 2. The van der Waals surface area contributed by atoms with Gasteiger partial charge in [-0.15, -0.1) is 0 Å². The van der Waals surface area contributed by atoms with Crippen LogP contribution in [0.3, 0.4) is 0 Å². The van der Waals surface area contributed by atoms with E-state index in [0.29, 0.717) is 18.9 Å². The lowest BCUT2D eigenvalue weighted by atomic mass is 9.84. The molecule has 1 aliphatic heterocycles. The van der Waals surface area contributed by atoms with Gasteiger partial charge in [0.2, 0.25) is 0 Å². The molecule has 1 rings (SSSR count). The molecule has 122 valence electrons. The van der Waals surface area contributed by atoms with Gasteiger partial charge < -0.3 is 15.3 Å². The molecule has 1 saturated heterocycles. The number of urea groups is 1. The molecule has 5 heteroatoms. The minimum absolute atomic E-state index is 0.0302. The summed E-state index contributed by atoms with van der Waals surface area (Å²) in [6, 6.07) is 0.0302. The van der Waals surface area contributed by atoms with Crippen molar-refractivity contribution in [3.63, 3.8) is 0 Å². The van der Waals surface area contributed by atoms with Crippen LogP contribution in [0.15, 0.2) is 0 Å². The number of carboxylic acids is 1. The van der Waals surface area contributed by atoms with Gasteiger partial charge in [0, 0.05) is 26.1 Å². The second-order valence-corrected chi connectivity index (χ2v) is 6.93. The Kier molecular flexibility index (Phi) is 6.99. The van der Waals surface area contributed by atoms with E-state index in [-0.39, 0.29) is 17.9 Å². The lowest BCUT2D eigenvalue weighted by Crippen LogP contribution is -2.39. The molecule has 0 bridgehead atoms. The molecule has 2 N–H and O–H groups in total. The van der Waals surface area contributed by atoms with Crippen molar-refractivity contribution in [3.8, 4) is 0 Å². The van der Waals surface area contributed by atoms with Crippen LogP contribution in [0.5, 0.6) is 0 Å². The highest BCUT2D eigenvalue weighted by Gasteiger charge is 2.26. The normalized spacial score (nSPS) is 18.8. The van der Waals surface area contributed by atoms with Crippen LogP contribution in [0.2, 0.25) is 0 Å². The van der Waals surface area contributed by atoms with Crippen LogP contribution in [0, 0.1) is 11.3 Å². The predicted octanol–water partition coefficient (Wildman–Crippen LogP) is 3.10.